The van der Waals surface area contributed by atoms with E-state index < -0.39 is 28.8 Å². The van der Waals surface area contributed by atoms with Gasteiger partial charge in [-0.2, -0.15) is 0 Å². The SMILES string of the molecule is Cc1cc(C(=O)NC(C)C(O)c2ccc(F)cc2)ccc1[N+](=O)[O-]. The fourth-order valence-corrected chi connectivity index (χ4v) is 2.32. The molecule has 6 nitrogen and oxygen atoms in total. The van der Waals surface area contributed by atoms with E-state index in [-0.39, 0.29) is 11.3 Å². The minimum absolute atomic E-state index is 0.0639. The van der Waals surface area contributed by atoms with Crippen molar-refractivity contribution in [2.45, 2.75) is 26.0 Å². The summed E-state index contributed by atoms with van der Waals surface area (Å²) in [5.41, 5.74) is 1.05. The lowest BCUT2D eigenvalue weighted by Crippen LogP contribution is -2.37. The second-order valence-corrected chi connectivity index (χ2v) is 5.52. The maximum Gasteiger partial charge on any atom is 0.272 e. The average Bonchev–Trinajstić information content (AvgIpc) is 2.54. The Kier molecular flexibility index (Phi) is 5.25. The number of hydrogen-bond donors (Lipinski definition) is 2. The van der Waals surface area contributed by atoms with Crippen molar-refractivity contribution in [1.82, 2.24) is 5.32 Å². The molecule has 0 bridgehead atoms. The molecular formula is C17H17FN2O4. The van der Waals surface area contributed by atoms with Crippen LogP contribution in [0.15, 0.2) is 42.5 Å². The van der Waals surface area contributed by atoms with E-state index in [1.807, 2.05) is 0 Å². The standard InChI is InChI=1S/C17H17FN2O4/c1-10-9-13(5-8-15(10)20(23)24)17(22)19-11(2)16(21)12-3-6-14(18)7-4-12/h3-9,11,16,21H,1-2H3,(H,19,22). The summed E-state index contributed by atoms with van der Waals surface area (Å²) >= 11 is 0. The van der Waals surface area contributed by atoms with Gasteiger partial charge >= 0.3 is 0 Å². The van der Waals surface area contributed by atoms with Gasteiger partial charge in [0.1, 0.15) is 5.82 Å². The molecule has 24 heavy (non-hydrogen) atoms. The largest absolute Gasteiger partial charge is 0.386 e. The number of nitro groups is 1. The van der Waals surface area contributed by atoms with Gasteiger partial charge in [-0.15, -0.1) is 0 Å². The van der Waals surface area contributed by atoms with E-state index in [2.05, 4.69) is 5.32 Å². The first-order valence-corrected chi connectivity index (χ1v) is 7.29. The van der Waals surface area contributed by atoms with Crippen LogP contribution in [0, 0.1) is 22.9 Å². The zero-order valence-electron chi connectivity index (χ0n) is 13.2. The summed E-state index contributed by atoms with van der Waals surface area (Å²) in [6, 6.07) is 8.77. The van der Waals surface area contributed by atoms with Gasteiger partial charge in [0.2, 0.25) is 0 Å². The Morgan fingerprint density at radius 1 is 1.25 bits per heavy atom. The summed E-state index contributed by atoms with van der Waals surface area (Å²) in [6.07, 6.45) is -1.01. The van der Waals surface area contributed by atoms with Crippen molar-refractivity contribution in [3.05, 3.63) is 75.1 Å². The van der Waals surface area contributed by atoms with Crippen LogP contribution in [-0.2, 0) is 0 Å². The highest BCUT2D eigenvalue weighted by Gasteiger charge is 2.20. The van der Waals surface area contributed by atoms with E-state index in [0.717, 1.165) is 0 Å². The molecule has 2 aromatic rings. The summed E-state index contributed by atoms with van der Waals surface area (Å²) in [5.74, 6) is -0.870. The number of aliphatic hydroxyl groups excluding tert-OH is 1. The number of nitro benzene ring substituents is 1. The third-order valence-corrected chi connectivity index (χ3v) is 3.70. The summed E-state index contributed by atoms with van der Waals surface area (Å²) < 4.78 is 12.9. The fraction of sp³-hybridized carbons (Fsp3) is 0.235. The number of carbonyl (C=O) groups excluding carboxylic acids is 1. The molecule has 0 aliphatic carbocycles. The minimum Gasteiger partial charge on any atom is -0.386 e. The van der Waals surface area contributed by atoms with Crippen LogP contribution >= 0.6 is 0 Å². The number of nitrogens with one attached hydrogen (secondary N) is 1. The first-order chi connectivity index (χ1) is 11.3. The fourth-order valence-electron chi connectivity index (χ4n) is 2.32. The van der Waals surface area contributed by atoms with E-state index in [4.69, 9.17) is 0 Å². The molecule has 2 aromatic carbocycles. The molecule has 0 aromatic heterocycles. The lowest BCUT2D eigenvalue weighted by molar-refractivity contribution is -0.385. The molecule has 1 amide bonds. The summed E-state index contributed by atoms with van der Waals surface area (Å²) in [7, 11) is 0. The molecule has 2 unspecified atom stereocenters. The Bertz CT molecular complexity index is 762. The normalized spacial score (nSPS) is 13.2. The Balaban J connectivity index is 2.09. The van der Waals surface area contributed by atoms with Crippen LogP contribution in [0.4, 0.5) is 10.1 Å². The number of carbonyl (C=O) groups is 1. The molecule has 2 N–H and O–H groups in total. The molecule has 0 heterocycles. The molecule has 2 atom stereocenters. The molecule has 0 fully saturated rings. The zero-order valence-corrected chi connectivity index (χ0v) is 13.2. The van der Waals surface area contributed by atoms with Crippen molar-refractivity contribution in [3.63, 3.8) is 0 Å². The van der Waals surface area contributed by atoms with Crippen molar-refractivity contribution >= 4 is 11.6 Å². The predicted octanol–water partition coefficient (Wildman–Crippen LogP) is 2.89. The van der Waals surface area contributed by atoms with E-state index >= 15 is 0 Å². The van der Waals surface area contributed by atoms with Gasteiger partial charge in [0.05, 0.1) is 17.1 Å². The van der Waals surface area contributed by atoms with Gasteiger partial charge in [-0.25, -0.2) is 4.39 Å². The lowest BCUT2D eigenvalue weighted by atomic mass is 10.0. The Hall–Kier alpha value is -2.80. The third-order valence-electron chi connectivity index (χ3n) is 3.70. The molecule has 0 spiro atoms. The van der Waals surface area contributed by atoms with Crippen LogP contribution in [-0.4, -0.2) is 22.0 Å². The van der Waals surface area contributed by atoms with Crippen LogP contribution in [0.3, 0.4) is 0 Å². The van der Waals surface area contributed by atoms with E-state index in [1.54, 1.807) is 13.8 Å². The molecule has 0 aliphatic heterocycles. The van der Waals surface area contributed by atoms with E-state index in [9.17, 15) is 24.4 Å². The Labute approximate surface area is 138 Å². The average molecular weight is 332 g/mol. The molecular weight excluding hydrogens is 315 g/mol. The second-order valence-electron chi connectivity index (χ2n) is 5.52. The van der Waals surface area contributed by atoms with Crippen LogP contribution < -0.4 is 5.32 Å². The van der Waals surface area contributed by atoms with Gasteiger partial charge in [0.15, 0.2) is 0 Å². The number of aryl methyl sites for hydroxylation is 1. The highest BCUT2D eigenvalue weighted by molar-refractivity contribution is 5.94. The number of nitrogens with zero attached hydrogens (tertiary/aromatic N) is 1. The monoisotopic (exact) mass is 332 g/mol. The molecule has 0 saturated carbocycles. The van der Waals surface area contributed by atoms with Crippen molar-refractivity contribution in [3.8, 4) is 0 Å². The molecule has 0 radical (unpaired) electrons. The number of benzene rings is 2. The van der Waals surface area contributed by atoms with Crippen LogP contribution in [0.5, 0.6) is 0 Å². The van der Waals surface area contributed by atoms with Crippen LogP contribution in [0.1, 0.15) is 34.5 Å². The lowest BCUT2D eigenvalue weighted by Gasteiger charge is -2.20. The molecule has 0 aliphatic rings. The minimum atomic E-state index is -1.01. The number of rotatable bonds is 5. The zero-order chi connectivity index (χ0) is 17.9. The Morgan fingerprint density at radius 3 is 2.42 bits per heavy atom. The van der Waals surface area contributed by atoms with E-state index in [0.29, 0.717) is 11.1 Å². The number of aliphatic hydroxyl groups is 1. The van der Waals surface area contributed by atoms with Crippen molar-refractivity contribution in [2.24, 2.45) is 0 Å². The van der Waals surface area contributed by atoms with Gasteiger partial charge in [0, 0.05) is 17.2 Å². The number of halogens is 1. The van der Waals surface area contributed by atoms with Gasteiger partial charge in [0.25, 0.3) is 11.6 Å². The second kappa shape index (κ2) is 7.18. The van der Waals surface area contributed by atoms with Gasteiger partial charge in [-0.1, -0.05) is 12.1 Å². The first kappa shape index (κ1) is 17.6. The van der Waals surface area contributed by atoms with E-state index in [1.165, 1.54) is 42.5 Å². The maximum absolute atomic E-state index is 12.9. The van der Waals surface area contributed by atoms with Crippen molar-refractivity contribution < 1.29 is 19.2 Å². The highest BCUT2D eigenvalue weighted by Crippen LogP contribution is 2.20. The third kappa shape index (κ3) is 3.94. The summed E-state index contributed by atoms with van der Waals surface area (Å²) in [5, 5.41) is 23.6. The van der Waals surface area contributed by atoms with Gasteiger partial charge < -0.3 is 10.4 Å². The topological polar surface area (TPSA) is 92.5 Å². The Morgan fingerprint density at radius 2 is 1.88 bits per heavy atom. The molecule has 2 rings (SSSR count). The van der Waals surface area contributed by atoms with Gasteiger partial charge in [-0.05, 0) is 43.7 Å². The maximum atomic E-state index is 12.9. The summed E-state index contributed by atoms with van der Waals surface area (Å²) in [4.78, 5) is 22.5. The number of hydrogen-bond acceptors (Lipinski definition) is 4. The van der Waals surface area contributed by atoms with Crippen molar-refractivity contribution in [2.75, 3.05) is 0 Å². The smallest absolute Gasteiger partial charge is 0.272 e. The van der Waals surface area contributed by atoms with Gasteiger partial charge in [-0.3, -0.25) is 14.9 Å². The summed E-state index contributed by atoms with van der Waals surface area (Å²) in [6.45, 7) is 3.16. The quantitative estimate of drug-likeness (QED) is 0.650. The highest BCUT2D eigenvalue weighted by atomic mass is 19.1. The van der Waals surface area contributed by atoms with Crippen LogP contribution in [0.25, 0.3) is 0 Å². The van der Waals surface area contributed by atoms with Crippen molar-refractivity contribution in [1.29, 1.82) is 0 Å². The molecule has 7 heteroatoms. The molecule has 0 saturated heterocycles. The predicted molar refractivity (Wildman–Crippen MR) is 86.1 cm³/mol. The molecule has 126 valence electrons. The number of amides is 1. The first-order valence-electron chi connectivity index (χ1n) is 7.29. The van der Waals surface area contributed by atoms with Crippen LogP contribution in [0.2, 0.25) is 0 Å².